The number of nitrogens with zero attached hydrogens (tertiary/aromatic N) is 4. The highest BCUT2D eigenvalue weighted by molar-refractivity contribution is 8.00. The van der Waals surface area contributed by atoms with E-state index in [-0.39, 0.29) is 41.1 Å². The third-order valence-electron chi connectivity index (χ3n) is 5.73. The van der Waals surface area contributed by atoms with Crippen molar-refractivity contribution in [1.82, 2.24) is 20.5 Å². The first-order chi connectivity index (χ1) is 17.7. The van der Waals surface area contributed by atoms with Crippen molar-refractivity contribution in [2.24, 2.45) is 5.16 Å². The number of hydrogen-bond acceptors (Lipinski definition) is 12. The molecule has 3 atom stereocenters. The molecule has 0 aromatic carbocycles. The summed E-state index contributed by atoms with van der Waals surface area (Å²) in [6.07, 6.45) is 2.78. The minimum atomic E-state index is -1.49. The van der Waals surface area contributed by atoms with Crippen LogP contribution in [0.15, 0.2) is 46.3 Å². The minimum Gasteiger partial charge on any atom is -0.543 e. The first-order valence-corrected chi connectivity index (χ1v) is 12.8. The molecule has 5 heterocycles. The predicted octanol–water partition coefficient (Wildman–Crippen LogP) is -2.73. The molecule has 37 heavy (non-hydrogen) atoms. The van der Waals surface area contributed by atoms with Crippen molar-refractivity contribution >= 4 is 63.3 Å². The van der Waals surface area contributed by atoms with E-state index in [9.17, 15) is 24.3 Å². The number of pyridine rings is 1. The monoisotopic (exact) mass is 544 g/mol. The number of carbonyl (C=O) groups is 4. The molecule has 6 N–H and O–H groups in total. The van der Waals surface area contributed by atoms with Gasteiger partial charge in [-0.25, -0.2) is 4.98 Å². The number of thiazole rings is 1. The molecule has 0 spiro atoms. The Morgan fingerprint density at radius 2 is 2.16 bits per heavy atom. The number of nitrogens with one attached hydrogen (secondary N) is 2. The third kappa shape index (κ3) is 4.79. The van der Waals surface area contributed by atoms with Gasteiger partial charge in [-0.05, 0) is 6.07 Å². The Bertz CT molecular complexity index is 1370. The first kappa shape index (κ1) is 24.5. The van der Waals surface area contributed by atoms with Gasteiger partial charge < -0.3 is 36.8 Å². The Hall–Kier alpha value is -4.18. The molecular weight excluding hydrogens is 524 g/mol. The third-order valence-corrected chi connectivity index (χ3v) is 7.74. The van der Waals surface area contributed by atoms with E-state index in [0.717, 1.165) is 16.2 Å². The number of nitrogens with two attached hydrogens (primary N) is 2. The SMILES string of the molecule is Nc1ccc[n+](CC2=C(C(=O)[O-])N3C(=O)C(NC(=O)/C(=N\OC4CC(=O)N4)c4csc(N)n4)[C@@H]3SC2)c1. The molecule has 16 heteroatoms. The number of carbonyl (C=O) groups excluding carboxylic acids is 4. The summed E-state index contributed by atoms with van der Waals surface area (Å²) < 4.78 is 1.71. The number of nitrogen functional groups attached to an aromatic ring is 2. The van der Waals surface area contributed by atoms with Crippen LogP contribution in [0.5, 0.6) is 0 Å². The lowest BCUT2D eigenvalue weighted by molar-refractivity contribution is -0.688. The quantitative estimate of drug-likeness (QED) is 0.117. The molecule has 0 saturated carbocycles. The zero-order chi connectivity index (χ0) is 26.3. The van der Waals surface area contributed by atoms with E-state index < -0.39 is 35.4 Å². The van der Waals surface area contributed by atoms with Crippen LogP contribution in [0.2, 0.25) is 0 Å². The van der Waals surface area contributed by atoms with Crippen LogP contribution >= 0.6 is 23.1 Å². The Morgan fingerprint density at radius 1 is 1.38 bits per heavy atom. The molecule has 3 amide bonds. The lowest BCUT2D eigenvalue weighted by Gasteiger charge is -2.50. The number of aromatic nitrogens is 2. The maximum absolute atomic E-state index is 13.1. The summed E-state index contributed by atoms with van der Waals surface area (Å²) >= 11 is 2.39. The van der Waals surface area contributed by atoms with E-state index in [4.69, 9.17) is 16.3 Å². The molecule has 5 rings (SSSR count). The summed E-state index contributed by atoms with van der Waals surface area (Å²) in [5, 5.41) is 21.9. The molecule has 2 aromatic rings. The fourth-order valence-corrected chi connectivity index (χ4v) is 5.85. The smallest absolute Gasteiger partial charge is 0.276 e. The molecule has 0 bridgehead atoms. The van der Waals surface area contributed by atoms with Gasteiger partial charge in [0.2, 0.25) is 12.1 Å². The Kier molecular flexibility index (Phi) is 6.43. The maximum atomic E-state index is 13.1. The molecule has 2 unspecified atom stereocenters. The first-order valence-electron chi connectivity index (χ1n) is 10.9. The number of β-lactam (4-membered cyclic amide) rings is 2. The van der Waals surface area contributed by atoms with Gasteiger partial charge in [0.1, 0.15) is 17.1 Å². The highest BCUT2D eigenvalue weighted by Gasteiger charge is 2.53. The predicted molar refractivity (Wildman–Crippen MR) is 129 cm³/mol. The van der Waals surface area contributed by atoms with Crippen LogP contribution in [0.4, 0.5) is 10.8 Å². The van der Waals surface area contributed by atoms with Gasteiger partial charge >= 0.3 is 0 Å². The molecule has 0 aliphatic carbocycles. The van der Waals surface area contributed by atoms with Gasteiger partial charge in [0.25, 0.3) is 11.8 Å². The average molecular weight is 545 g/mol. The van der Waals surface area contributed by atoms with Crippen LogP contribution in [-0.4, -0.2) is 62.7 Å². The zero-order valence-electron chi connectivity index (χ0n) is 18.9. The maximum Gasteiger partial charge on any atom is 0.276 e. The summed E-state index contributed by atoms with van der Waals surface area (Å²) in [4.78, 5) is 59.6. The number of carboxylic acids is 1. The number of amides is 3. The Labute approximate surface area is 217 Å². The molecular formula is C21H20N8O6S2. The van der Waals surface area contributed by atoms with Gasteiger partial charge in [-0.2, -0.15) is 4.57 Å². The van der Waals surface area contributed by atoms with E-state index in [0.29, 0.717) is 17.0 Å². The number of hydrogen-bond donors (Lipinski definition) is 4. The summed E-state index contributed by atoms with van der Waals surface area (Å²) in [7, 11) is 0. The summed E-state index contributed by atoms with van der Waals surface area (Å²) in [5.74, 6) is -2.79. The topological polar surface area (TPSA) is 209 Å². The molecule has 3 aliphatic heterocycles. The normalized spacial score (nSPS) is 23.0. The number of rotatable bonds is 8. The fraction of sp³-hybridized carbons (Fsp3) is 0.286. The molecule has 2 fully saturated rings. The largest absolute Gasteiger partial charge is 0.543 e. The second-order valence-corrected chi connectivity index (χ2v) is 10.3. The second-order valence-electron chi connectivity index (χ2n) is 8.29. The van der Waals surface area contributed by atoms with Gasteiger partial charge in [-0.15, -0.1) is 23.1 Å². The lowest BCUT2D eigenvalue weighted by Crippen LogP contribution is -2.71. The van der Waals surface area contributed by atoms with Crippen molar-refractivity contribution in [1.29, 1.82) is 0 Å². The van der Waals surface area contributed by atoms with E-state index in [1.807, 2.05) is 0 Å². The highest BCUT2D eigenvalue weighted by Crippen LogP contribution is 2.40. The molecule has 2 saturated heterocycles. The fourth-order valence-electron chi connectivity index (χ4n) is 3.97. The van der Waals surface area contributed by atoms with Gasteiger partial charge in [-0.1, -0.05) is 5.16 Å². The number of oxime groups is 1. The molecule has 0 radical (unpaired) electrons. The minimum absolute atomic E-state index is 0.0842. The number of carboxylic acid groups (broad SMARTS) is 1. The molecule has 2 aromatic heterocycles. The van der Waals surface area contributed by atoms with E-state index in [1.165, 1.54) is 17.1 Å². The van der Waals surface area contributed by atoms with Crippen molar-refractivity contribution in [2.45, 2.75) is 30.6 Å². The van der Waals surface area contributed by atoms with Crippen molar-refractivity contribution in [3.63, 3.8) is 0 Å². The number of fused-ring (bicyclic) bond motifs is 1. The van der Waals surface area contributed by atoms with Crippen LogP contribution < -0.4 is 31.8 Å². The van der Waals surface area contributed by atoms with Crippen LogP contribution in [0.25, 0.3) is 0 Å². The van der Waals surface area contributed by atoms with E-state index in [2.05, 4.69) is 20.8 Å². The number of anilines is 2. The second kappa shape index (κ2) is 9.70. The Balaban J connectivity index is 1.33. The average Bonchev–Trinajstić information content (AvgIpc) is 3.26. The van der Waals surface area contributed by atoms with Crippen LogP contribution in [0.1, 0.15) is 12.1 Å². The number of thioether (sulfide) groups is 1. The van der Waals surface area contributed by atoms with Crippen LogP contribution in [0.3, 0.4) is 0 Å². The Morgan fingerprint density at radius 3 is 2.81 bits per heavy atom. The number of aliphatic carboxylic acids is 1. The zero-order valence-corrected chi connectivity index (χ0v) is 20.6. The summed E-state index contributed by atoms with van der Waals surface area (Å²) in [6, 6.07) is 2.41. The lowest BCUT2D eigenvalue weighted by atomic mass is 10.0. The molecule has 14 nitrogen and oxygen atoms in total. The van der Waals surface area contributed by atoms with Crippen molar-refractivity contribution in [3.8, 4) is 0 Å². The molecule has 3 aliphatic rings. The van der Waals surface area contributed by atoms with Crippen LogP contribution in [-0.2, 0) is 30.6 Å². The van der Waals surface area contributed by atoms with Gasteiger partial charge in [0.05, 0.1) is 23.8 Å². The standard InChI is InChI=1S/C21H20N8O6S2/c22-10-2-1-3-28(6-10)5-9-7-36-19-15(18(32)29(19)16(9)20(33)34)26-17(31)14(11-8-37-21(23)24-11)27-35-13-4-12(30)25-13/h1-3,6,8,13,15,19H,4-5,7,22H2,(H4-,23,24,25,26,30,31,33,34)/b27-14-/t13?,15?,19-/m0/s1. The van der Waals surface area contributed by atoms with Crippen LogP contribution in [0, 0.1) is 0 Å². The summed E-state index contributed by atoms with van der Waals surface area (Å²) in [5.41, 5.74) is 12.1. The van der Waals surface area contributed by atoms with Gasteiger partial charge in [-0.3, -0.25) is 19.3 Å². The van der Waals surface area contributed by atoms with Gasteiger partial charge in [0.15, 0.2) is 29.8 Å². The summed E-state index contributed by atoms with van der Waals surface area (Å²) in [6.45, 7) is 0.200. The van der Waals surface area contributed by atoms with Gasteiger partial charge in [0, 0.05) is 22.8 Å². The van der Waals surface area contributed by atoms with Crippen molar-refractivity contribution in [2.75, 3.05) is 17.2 Å². The van der Waals surface area contributed by atoms with Crippen molar-refractivity contribution < 1.29 is 33.7 Å². The molecule has 192 valence electrons. The van der Waals surface area contributed by atoms with E-state index in [1.54, 1.807) is 29.1 Å². The highest BCUT2D eigenvalue weighted by atomic mass is 32.2. The van der Waals surface area contributed by atoms with Crippen molar-refractivity contribution in [3.05, 3.63) is 46.9 Å². The van der Waals surface area contributed by atoms with E-state index >= 15 is 0 Å².